The van der Waals surface area contributed by atoms with Crippen LogP contribution in [-0.2, 0) is 14.8 Å². The highest BCUT2D eigenvalue weighted by atomic mass is 32.2. The van der Waals surface area contributed by atoms with Crippen LogP contribution in [0.25, 0.3) is 5.95 Å². The molecule has 0 aliphatic carbocycles. The number of benzene rings is 1. The van der Waals surface area contributed by atoms with Gasteiger partial charge >= 0.3 is 0 Å². The minimum absolute atomic E-state index is 0.0453. The summed E-state index contributed by atoms with van der Waals surface area (Å²) < 4.78 is 50.5. The molecule has 0 amide bonds. The van der Waals surface area contributed by atoms with Crippen molar-refractivity contribution in [2.45, 2.75) is 23.2 Å². The smallest absolute Gasteiger partial charge is 0.252 e. The van der Waals surface area contributed by atoms with E-state index >= 15 is 4.39 Å². The second kappa shape index (κ2) is 7.66. The summed E-state index contributed by atoms with van der Waals surface area (Å²) in [5.41, 5.74) is -1.51. The molecule has 1 spiro atoms. The molecule has 0 N–H and O–H groups in total. The van der Waals surface area contributed by atoms with Gasteiger partial charge in [-0.2, -0.15) is 14.4 Å². The zero-order chi connectivity index (χ0) is 21.5. The maximum absolute atomic E-state index is 15.6. The van der Waals surface area contributed by atoms with Gasteiger partial charge < -0.3 is 9.64 Å². The lowest BCUT2D eigenvalue weighted by atomic mass is 9.98. The molecule has 5 rings (SSSR count). The lowest BCUT2D eigenvalue weighted by molar-refractivity contribution is -0.116. The second-order valence-corrected chi connectivity index (χ2v) is 9.27. The van der Waals surface area contributed by atoms with Crippen molar-refractivity contribution in [3.8, 4) is 5.95 Å². The summed E-state index contributed by atoms with van der Waals surface area (Å²) in [6.07, 6.45) is 3.57. The van der Waals surface area contributed by atoms with Crippen LogP contribution in [0, 0.1) is 0 Å². The number of ether oxygens (including phenoxy) is 1. The Kier molecular flexibility index (Phi) is 4.95. The first-order valence-corrected chi connectivity index (χ1v) is 11.4. The van der Waals surface area contributed by atoms with Crippen molar-refractivity contribution in [2.75, 3.05) is 31.1 Å². The third-order valence-electron chi connectivity index (χ3n) is 5.67. The first kappa shape index (κ1) is 20.0. The van der Waals surface area contributed by atoms with E-state index in [1.807, 2.05) is 0 Å². The summed E-state index contributed by atoms with van der Waals surface area (Å²) in [5.74, 6) is 0.928. The Labute approximate surface area is 179 Å². The fourth-order valence-corrected chi connectivity index (χ4v) is 5.89. The Morgan fingerprint density at radius 1 is 1.10 bits per heavy atom. The molecule has 0 radical (unpaired) electrons. The van der Waals surface area contributed by atoms with E-state index in [0.29, 0.717) is 18.3 Å². The summed E-state index contributed by atoms with van der Waals surface area (Å²) in [7, 11) is -3.89. The van der Waals surface area contributed by atoms with Crippen LogP contribution in [0.3, 0.4) is 0 Å². The van der Waals surface area contributed by atoms with E-state index in [0.717, 1.165) is 0 Å². The van der Waals surface area contributed by atoms with E-state index in [1.54, 1.807) is 53.8 Å². The molecule has 9 nitrogen and oxygen atoms in total. The zero-order valence-corrected chi connectivity index (χ0v) is 17.4. The monoisotopic (exact) mass is 444 g/mol. The van der Waals surface area contributed by atoms with Crippen LogP contribution < -0.4 is 4.90 Å². The van der Waals surface area contributed by atoms with Crippen LogP contribution >= 0.6 is 0 Å². The molecular weight excluding hydrogens is 423 g/mol. The third kappa shape index (κ3) is 3.38. The van der Waals surface area contributed by atoms with Crippen molar-refractivity contribution in [1.29, 1.82) is 0 Å². The van der Waals surface area contributed by atoms with Gasteiger partial charge in [0.2, 0.25) is 10.0 Å². The molecule has 2 aromatic heterocycles. The number of rotatable bonds is 4. The Bertz CT molecular complexity index is 1160. The topological polar surface area (TPSA) is 93.5 Å². The average molecular weight is 444 g/mol. The predicted octanol–water partition coefficient (Wildman–Crippen LogP) is 1.63. The molecule has 31 heavy (non-hydrogen) atoms. The number of piperidine rings is 1. The molecule has 4 heterocycles. The van der Waals surface area contributed by atoms with Crippen molar-refractivity contribution >= 4 is 15.8 Å². The van der Waals surface area contributed by atoms with Gasteiger partial charge in [-0.05, 0) is 24.3 Å². The molecule has 0 saturated carbocycles. The van der Waals surface area contributed by atoms with Crippen molar-refractivity contribution in [1.82, 2.24) is 24.1 Å². The zero-order valence-electron chi connectivity index (χ0n) is 16.6. The fourth-order valence-electron chi connectivity index (χ4n) is 4.15. The standard InChI is InChI=1S/C20H21FN6O3S/c21-17-15-25(18-7-10-22-19(24-18)26-11-4-9-23-26)12-8-20(17)27(13-14-30-20)31(28,29)16-5-2-1-3-6-16/h1-7,9-11,17H,8,12-15H2. The summed E-state index contributed by atoms with van der Waals surface area (Å²) in [5, 5.41) is 4.12. The molecule has 2 saturated heterocycles. The Morgan fingerprint density at radius 2 is 1.94 bits per heavy atom. The van der Waals surface area contributed by atoms with E-state index in [4.69, 9.17) is 4.74 Å². The fraction of sp³-hybridized carbons (Fsp3) is 0.350. The van der Waals surface area contributed by atoms with E-state index in [1.165, 1.54) is 21.1 Å². The molecule has 1 aromatic carbocycles. The minimum Gasteiger partial charge on any atom is -0.355 e. The SMILES string of the molecule is O=S(=O)(c1ccccc1)N1CCOC12CCN(c1ccnc(-n3cccn3)n1)CC2F. The molecule has 11 heteroatoms. The van der Waals surface area contributed by atoms with Crippen molar-refractivity contribution in [3.63, 3.8) is 0 Å². The van der Waals surface area contributed by atoms with Gasteiger partial charge in [0.25, 0.3) is 5.95 Å². The number of hydrogen-bond acceptors (Lipinski definition) is 7. The quantitative estimate of drug-likeness (QED) is 0.604. The number of nitrogens with zero attached hydrogens (tertiary/aromatic N) is 6. The van der Waals surface area contributed by atoms with Crippen LogP contribution in [0.15, 0.2) is 66.0 Å². The van der Waals surface area contributed by atoms with Gasteiger partial charge in [0.05, 0.1) is 18.0 Å². The van der Waals surface area contributed by atoms with Crippen LogP contribution in [-0.4, -0.2) is 70.6 Å². The van der Waals surface area contributed by atoms with E-state index in [-0.39, 0.29) is 31.0 Å². The number of halogens is 1. The molecule has 2 atom stereocenters. The lowest BCUT2D eigenvalue weighted by Crippen LogP contribution is -2.62. The number of aromatic nitrogens is 4. The third-order valence-corrected chi connectivity index (χ3v) is 7.61. The number of alkyl halides is 1. The molecule has 2 aliphatic heterocycles. The highest BCUT2D eigenvalue weighted by Gasteiger charge is 2.56. The number of sulfonamides is 1. The molecule has 3 aromatic rings. The van der Waals surface area contributed by atoms with E-state index < -0.39 is 21.9 Å². The van der Waals surface area contributed by atoms with Crippen molar-refractivity contribution in [2.24, 2.45) is 0 Å². The maximum Gasteiger partial charge on any atom is 0.252 e. The van der Waals surface area contributed by atoms with Crippen LogP contribution in [0.4, 0.5) is 10.2 Å². The van der Waals surface area contributed by atoms with Gasteiger partial charge in [0, 0.05) is 38.1 Å². The van der Waals surface area contributed by atoms with Gasteiger partial charge in [-0.15, -0.1) is 0 Å². The van der Waals surface area contributed by atoms with Crippen molar-refractivity contribution in [3.05, 3.63) is 61.1 Å². The normalized spacial score (nSPS) is 24.7. The van der Waals surface area contributed by atoms with Crippen LogP contribution in [0.5, 0.6) is 0 Å². The molecular formula is C20H21FN6O3S. The van der Waals surface area contributed by atoms with Crippen LogP contribution in [0.1, 0.15) is 6.42 Å². The van der Waals surface area contributed by atoms with Gasteiger partial charge in [-0.25, -0.2) is 22.5 Å². The van der Waals surface area contributed by atoms with Crippen molar-refractivity contribution < 1.29 is 17.5 Å². The summed E-state index contributed by atoms with van der Waals surface area (Å²) in [6, 6.07) is 11.5. The Morgan fingerprint density at radius 3 is 2.68 bits per heavy atom. The second-order valence-electron chi connectivity index (χ2n) is 7.41. The Hall–Kier alpha value is -2.89. The van der Waals surface area contributed by atoms with Gasteiger partial charge in [-0.3, -0.25) is 0 Å². The number of hydrogen-bond donors (Lipinski definition) is 0. The van der Waals surface area contributed by atoms with E-state index in [2.05, 4.69) is 15.1 Å². The van der Waals surface area contributed by atoms with Gasteiger partial charge in [0.1, 0.15) is 5.82 Å². The molecule has 2 aliphatic rings. The largest absolute Gasteiger partial charge is 0.355 e. The maximum atomic E-state index is 15.6. The van der Waals surface area contributed by atoms with Gasteiger partial charge in [-0.1, -0.05) is 18.2 Å². The lowest BCUT2D eigenvalue weighted by Gasteiger charge is -2.45. The highest BCUT2D eigenvalue weighted by Crippen LogP contribution is 2.40. The Balaban J connectivity index is 1.40. The van der Waals surface area contributed by atoms with E-state index in [9.17, 15) is 8.42 Å². The molecule has 2 unspecified atom stereocenters. The molecule has 0 bridgehead atoms. The average Bonchev–Trinajstić information content (AvgIpc) is 3.48. The van der Waals surface area contributed by atoms with Crippen LogP contribution in [0.2, 0.25) is 0 Å². The predicted molar refractivity (Wildman–Crippen MR) is 110 cm³/mol. The summed E-state index contributed by atoms with van der Waals surface area (Å²) >= 11 is 0. The molecule has 2 fully saturated rings. The highest BCUT2D eigenvalue weighted by molar-refractivity contribution is 7.89. The summed E-state index contributed by atoms with van der Waals surface area (Å²) in [6.45, 7) is 0.616. The minimum atomic E-state index is -3.89. The molecule has 162 valence electrons. The first-order chi connectivity index (χ1) is 15.0. The van der Waals surface area contributed by atoms with Gasteiger partial charge in [0.15, 0.2) is 11.9 Å². The summed E-state index contributed by atoms with van der Waals surface area (Å²) in [4.78, 5) is 10.6. The number of anilines is 1. The first-order valence-electron chi connectivity index (χ1n) is 9.95.